The minimum Gasteiger partial charge on any atom is -0.496 e. The molecule has 0 bridgehead atoms. The Labute approximate surface area is 121 Å². The van der Waals surface area contributed by atoms with Gasteiger partial charge in [0.15, 0.2) is 5.84 Å². The van der Waals surface area contributed by atoms with E-state index in [1.807, 2.05) is 18.2 Å². The zero-order valence-electron chi connectivity index (χ0n) is 12.6. The van der Waals surface area contributed by atoms with E-state index in [0.29, 0.717) is 11.3 Å². The lowest BCUT2D eigenvalue weighted by Gasteiger charge is -2.20. The first-order valence-corrected chi connectivity index (χ1v) is 7.03. The number of amidine groups is 1. The second-order valence-corrected chi connectivity index (χ2v) is 4.74. The van der Waals surface area contributed by atoms with Crippen LogP contribution in [0.15, 0.2) is 23.4 Å². The molecule has 0 amide bonds. The Bertz CT molecular complexity index is 447. The minimum absolute atomic E-state index is 0.0697. The molecule has 1 rings (SSSR count). The highest BCUT2D eigenvalue weighted by molar-refractivity contribution is 5.99. The molecule has 0 unspecified atom stereocenters. The minimum atomic E-state index is 0.0697. The van der Waals surface area contributed by atoms with Crippen LogP contribution >= 0.6 is 0 Å². The van der Waals surface area contributed by atoms with Crippen LogP contribution in [0.3, 0.4) is 0 Å². The Morgan fingerprint density at radius 2 is 2.15 bits per heavy atom. The SMILES string of the molecule is CCCCN(CC)Cc1ccc(OC)c(C(N)=NO)c1. The van der Waals surface area contributed by atoms with Gasteiger partial charge in [-0.3, -0.25) is 4.90 Å². The smallest absolute Gasteiger partial charge is 0.173 e. The largest absolute Gasteiger partial charge is 0.496 e. The van der Waals surface area contributed by atoms with Gasteiger partial charge in [-0.2, -0.15) is 0 Å². The Balaban J connectivity index is 2.90. The summed E-state index contributed by atoms with van der Waals surface area (Å²) in [4.78, 5) is 2.38. The van der Waals surface area contributed by atoms with Crippen LogP contribution in [-0.2, 0) is 6.54 Å². The summed E-state index contributed by atoms with van der Waals surface area (Å²) in [6.45, 7) is 7.29. The summed E-state index contributed by atoms with van der Waals surface area (Å²) >= 11 is 0. The van der Waals surface area contributed by atoms with Crippen LogP contribution in [0, 0.1) is 0 Å². The number of nitrogens with zero attached hydrogens (tertiary/aromatic N) is 2. The second kappa shape index (κ2) is 8.43. The molecule has 0 radical (unpaired) electrons. The lowest BCUT2D eigenvalue weighted by atomic mass is 10.1. The number of methoxy groups -OCH3 is 1. The average Bonchev–Trinajstić information content (AvgIpc) is 2.50. The zero-order valence-corrected chi connectivity index (χ0v) is 12.6. The highest BCUT2D eigenvalue weighted by Gasteiger charge is 2.10. The van der Waals surface area contributed by atoms with E-state index in [1.54, 1.807) is 7.11 Å². The van der Waals surface area contributed by atoms with Gasteiger partial charge in [0.2, 0.25) is 0 Å². The molecular weight excluding hydrogens is 254 g/mol. The van der Waals surface area contributed by atoms with Crippen molar-refractivity contribution in [3.05, 3.63) is 29.3 Å². The van der Waals surface area contributed by atoms with Crippen LogP contribution in [0.5, 0.6) is 5.75 Å². The molecule has 0 atom stereocenters. The van der Waals surface area contributed by atoms with Gasteiger partial charge in [-0.1, -0.05) is 31.5 Å². The predicted molar refractivity (Wildman–Crippen MR) is 81.4 cm³/mol. The van der Waals surface area contributed by atoms with Gasteiger partial charge in [-0.05, 0) is 37.2 Å². The summed E-state index contributed by atoms with van der Waals surface area (Å²) < 4.78 is 5.23. The quantitative estimate of drug-likeness (QED) is 0.332. The first kappa shape index (κ1) is 16.3. The number of nitrogens with two attached hydrogens (primary N) is 1. The highest BCUT2D eigenvalue weighted by atomic mass is 16.5. The molecule has 5 nitrogen and oxygen atoms in total. The fourth-order valence-electron chi connectivity index (χ4n) is 2.10. The highest BCUT2D eigenvalue weighted by Crippen LogP contribution is 2.20. The van der Waals surface area contributed by atoms with E-state index in [-0.39, 0.29) is 5.84 Å². The Hall–Kier alpha value is -1.75. The van der Waals surface area contributed by atoms with Crippen LogP contribution in [-0.4, -0.2) is 36.1 Å². The molecule has 0 aliphatic rings. The lowest BCUT2D eigenvalue weighted by Crippen LogP contribution is -2.24. The second-order valence-electron chi connectivity index (χ2n) is 4.74. The molecule has 0 spiro atoms. The van der Waals surface area contributed by atoms with Crippen molar-refractivity contribution in [1.82, 2.24) is 4.90 Å². The third kappa shape index (κ3) is 4.42. The number of benzene rings is 1. The fraction of sp³-hybridized carbons (Fsp3) is 0.533. The molecule has 0 heterocycles. The topological polar surface area (TPSA) is 71.1 Å². The van der Waals surface area contributed by atoms with Gasteiger partial charge in [0, 0.05) is 6.54 Å². The van der Waals surface area contributed by atoms with Gasteiger partial charge in [0.25, 0.3) is 0 Å². The lowest BCUT2D eigenvalue weighted by molar-refractivity contribution is 0.275. The Morgan fingerprint density at radius 1 is 1.40 bits per heavy atom. The predicted octanol–water partition coefficient (Wildman–Crippen LogP) is 2.41. The molecule has 112 valence electrons. The van der Waals surface area contributed by atoms with E-state index in [4.69, 9.17) is 15.7 Å². The Kier molecular flexibility index (Phi) is 6.87. The van der Waals surface area contributed by atoms with Crippen molar-refractivity contribution < 1.29 is 9.94 Å². The molecule has 3 N–H and O–H groups in total. The fourth-order valence-corrected chi connectivity index (χ4v) is 2.10. The third-order valence-electron chi connectivity index (χ3n) is 3.33. The first-order valence-electron chi connectivity index (χ1n) is 7.03. The molecule has 0 fully saturated rings. The van der Waals surface area contributed by atoms with Crippen LogP contribution in [0.2, 0.25) is 0 Å². The molecule has 1 aromatic rings. The van der Waals surface area contributed by atoms with Gasteiger partial charge < -0.3 is 15.7 Å². The number of hydrogen-bond acceptors (Lipinski definition) is 4. The molecule has 0 aromatic heterocycles. The van der Waals surface area contributed by atoms with Crippen LogP contribution in [0.4, 0.5) is 0 Å². The normalized spacial score (nSPS) is 11.9. The van der Waals surface area contributed by atoms with Gasteiger partial charge in [-0.15, -0.1) is 0 Å². The number of rotatable bonds is 8. The standard InChI is InChI=1S/C15H25N3O2/c1-4-6-9-18(5-2)11-12-7-8-14(20-3)13(10-12)15(16)17-19/h7-8,10,19H,4-6,9,11H2,1-3H3,(H2,16,17). The summed E-state index contributed by atoms with van der Waals surface area (Å²) in [5.41, 5.74) is 7.44. The van der Waals surface area contributed by atoms with Crippen molar-refractivity contribution in [2.45, 2.75) is 33.2 Å². The maximum atomic E-state index is 8.84. The van der Waals surface area contributed by atoms with E-state index in [9.17, 15) is 0 Å². The molecular formula is C15H25N3O2. The first-order chi connectivity index (χ1) is 9.65. The van der Waals surface area contributed by atoms with Crippen molar-refractivity contribution >= 4 is 5.84 Å². The molecule has 5 heteroatoms. The van der Waals surface area contributed by atoms with E-state index in [2.05, 4.69) is 23.9 Å². The van der Waals surface area contributed by atoms with Crippen LogP contribution in [0.25, 0.3) is 0 Å². The number of oxime groups is 1. The summed E-state index contributed by atoms with van der Waals surface area (Å²) in [6.07, 6.45) is 2.38. The van der Waals surface area contributed by atoms with Crippen molar-refractivity contribution in [2.24, 2.45) is 10.9 Å². The summed E-state index contributed by atoms with van der Waals surface area (Å²) in [7, 11) is 1.57. The summed E-state index contributed by atoms with van der Waals surface area (Å²) in [5, 5.41) is 11.9. The van der Waals surface area contributed by atoms with E-state index < -0.39 is 0 Å². The molecule has 0 aliphatic carbocycles. The molecule has 1 aromatic carbocycles. The monoisotopic (exact) mass is 279 g/mol. The van der Waals surface area contributed by atoms with Crippen molar-refractivity contribution in [3.8, 4) is 5.75 Å². The molecule has 20 heavy (non-hydrogen) atoms. The zero-order chi connectivity index (χ0) is 15.0. The van der Waals surface area contributed by atoms with E-state index >= 15 is 0 Å². The third-order valence-corrected chi connectivity index (χ3v) is 3.33. The van der Waals surface area contributed by atoms with Gasteiger partial charge >= 0.3 is 0 Å². The maximum Gasteiger partial charge on any atom is 0.173 e. The number of ether oxygens (including phenoxy) is 1. The van der Waals surface area contributed by atoms with Crippen LogP contribution < -0.4 is 10.5 Å². The maximum absolute atomic E-state index is 8.84. The van der Waals surface area contributed by atoms with Crippen molar-refractivity contribution in [3.63, 3.8) is 0 Å². The molecule has 0 saturated carbocycles. The number of hydrogen-bond donors (Lipinski definition) is 2. The van der Waals surface area contributed by atoms with E-state index in [1.165, 1.54) is 12.8 Å². The summed E-state index contributed by atoms with van der Waals surface area (Å²) in [6, 6.07) is 5.79. The van der Waals surface area contributed by atoms with Gasteiger partial charge in [-0.25, -0.2) is 0 Å². The molecule has 0 aliphatic heterocycles. The Morgan fingerprint density at radius 3 is 2.70 bits per heavy atom. The summed E-state index contributed by atoms with van der Waals surface area (Å²) in [5.74, 6) is 0.681. The number of unbranched alkanes of at least 4 members (excludes halogenated alkanes) is 1. The van der Waals surface area contributed by atoms with Gasteiger partial charge in [0.1, 0.15) is 5.75 Å². The van der Waals surface area contributed by atoms with Crippen LogP contribution in [0.1, 0.15) is 37.8 Å². The van der Waals surface area contributed by atoms with E-state index in [0.717, 1.165) is 25.2 Å². The van der Waals surface area contributed by atoms with Crippen molar-refractivity contribution in [2.75, 3.05) is 20.2 Å². The van der Waals surface area contributed by atoms with Crippen molar-refractivity contribution in [1.29, 1.82) is 0 Å². The van der Waals surface area contributed by atoms with Gasteiger partial charge in [0.05, 0.1) is 12.7 Å². The average molecular weight is 279 g/mol. The molecule has 0 saturated heterocycles.